The molecule has 0 saturated heterocycles. The lowest BCUT2D eigenvalue weighted by Crippen LogP contribution is -2.16. The van der Waals surface area contributed by atoms with Crippen molar-refractivity contribution in [2.75, 3.05) is 5.32 Å². The molecule has 0 aliphatic carbocycles. The molecule has 0 heterocycles. The maximum absolute atomic E-state index is 13.4. The minimum atomic E-state index is -1.19. The Balaban J connectivity index is 2.01. The highest BCUT2D eigenvalue weighted by Gasteiger charge is 2.15. The van der Waals surface area contributed by atoms with Gasteiger partial charge in [0.15, 0.2) is 0 Å². The van der Waals surface area contributed by atoms with Gasteiger partial charge in [-0.15, -0.1) is 0 Å². The summed E-state index contributed by atoms with van der Waals surface area (Å²) in [6.07, 6.45) is -1.54. The molecule has 0 radical (unpaired) electrons. The molecule has 3 N–H and O–H groups in total. The van der Waals surface area contributed by atoms with Crippen LogP contribution in [-0.2, 0) is 4.79 Å². The maximum atomic E-state index is 13.4. The molecule has 1 atom stereocenters. The summed E-state index contributed by atoms with van der Waals surface area (Å²) >= 11 is 0. The third kappa shape index (κ3) is 4.00. The summed E-state index contributed by atoms with van der Waals surface area (Å²) in [6.45, 7) is 0. The number of amides is 1. The number of phenolic OH excluding ortho intramolecular Hbond substituents is 1. The first-order chi connectivity index (χ1) is 9.95. The van der Waals surface area contributed by atoms with Crippen molar-refractivity contribution in [3.63, 3.8) is 0 Å². The van der Waals surface area contributed by atoms with Gasteiger partial charge >= 0.3 is 0 Å². The molecule has 0 unspecified atom stereocenters. The average molecular weight is 293 g/mol. The lowest BCUT2D eigenvalue weighted by Gasteiger charge is -2.12. The third-order valence-electron chi connectivity index (χ3n) is 2.84. The van der Waals surface area contributed by atoms with E-state index in [1.807, 2.05) is 0 Å². The summed E-state index contributed by atoms with van der Waals surface area (Å²) < 4.78 is 26.5. The Hall–Kier alpha value is -2.47. The predicted octanol–water partition coefficient (Wildman–Crippen LogP) is 2.73. The number of anilines is 1. The van der Waals surface area contributed by atoms with Crippen LogP contribution in [0.2, 0.25) is 0 Å². The second kappa shape index (κ2) is 6.32. The van der Waals surface area contributed by atoms with Gasteiger partial charge in [0.25, 0.3) is 0 Å². The van der Waals surface area contributed by atoms with E-state index in [1.54, 1.807) is 0 Å². The molecule has 110 valence electrons. The summed E-state index contributed by atoms with van der Waals surface area (Å²) in [6, 6.07) is 8.55. The Bertz CT molecular complexity index is 661. The van der Waals surface area contributed by atoms with Crippen LogP contribution in [0.3, 0.4) is 0 Å². The maximum Gasteiger partial charge on any atom is 0.227 e. The minimum absolute atomic E-state index is 0.107. The van der Waals surface area contributed by atoms with Crippen molar-refractivity contribution >= 4 is 11.6 Å². The van der Waals surface area contributed by atoms with E-state index in [-0.39, 0.29) is 23.4 Å². The summed E-state index contributed by atoms with van der Waals surface area (Å²) in [4.78, 5) is 11.7. The van der Waals surface area contributed by atoms with Gasteiger partial charge in [-0.2, -0.15) is 0 Å². The van der Waals surface area contributed by atoms with Gasteiger partial charge in [-0.25, -0.2) is 8.78 Å². The lowest BCUT2D eigenvalue weighted by atomic mass is 10.1. The normalized spacial score (nSPS) is 12.0. The van der Waals surface area contributed by atoms with E-state index < -0.39 is 23.6 Å². The summed E-state index contributed by atoms with van der Waals surface area (Å²) in [5.74, 6) is -2.19. The highest BCUT2D eigenvalue weighted by Crippen LogP contribution is 2.21. The van der Waals surface area contributed by atoms with E-state index >= 15 is 0 Å². The van der Waals surface area contributed by atoms with Crippen molar-refractivity contribution in [3.8, 4) is 5.75 Å². The number of carbonyl (C=O) groups excluding carboxylic acids is 1. The summed E-state index contributed by atoms with van der Waals surface area (Å²) in [7, 11) is 0. The van der Waals surface area contributed by atoms with Gasteiger partial charge < -0.3 is 15.5 Å². The van der Waals surface area contributed by atoms with E-state index in [0.717, 1.165) is 12.1 Å². The predicted molar refractivity (Wildman–Crippen MR) is 72.7 cm³/mol. The van der Waals surface area contributed by atoms with Crippen LogP contribution >= 0.6 is 0 Å². The number of carbonyl (C=O) groups is 1. The molecule has 6 heteroatoms. The zero-order valence-corrected chi connectivity index (χ0v) is 10.9. The van der Waals surface area contributed by atoms with E-state index in [0.29, 0.717) is 0 Å². The number of hydrogen-bond donors (Lipinski definition) is 3. The molecule has 4 nitrogen and oxygen atoms in total. The van der Waals surface area contributed by atoms with Gasteiger partial charge in [0.2, 0.25) is 5.91 Å². The van der Waals surface area contributed by atoms with Crippen LogP contribution in [0, 0.1) is 11.6 Å². The largest absolute Gasteiger partial charge is 0.508 e. The molecular formula is C15H13F2NO3. The molecule has 0 fully saturated rings. The van der Waals surface area contributed by atoms with Crippen LogP contribution in [0.5, 0.6) is 5.75 Å². The second-order valence-electron chi connectivity index (χ2n) is 4.49. The molecule has 0 aromatic heterocycles. The number of benzene rings is 2. The van der Waals surface area contributed by atoms with Gasteiger partial charge in [-0.05, 0) is 29.8 Å². The van der Waals surface area contributed by atoms with E-state index in [4.69, 9.17) is 5.11 Å². The van der Waals surface area contributed by atoms with E-state index in [9.17, 15) is 18.7 Å². The second-order valence-corrected chi connectivity index (χ2v) is 4.49. The fraction of sp³-hybridized carbons (Fsp3) is 0.133. The molecule has 0 aliphatic heterocycles. The molecule has 0 saturated carbocycles. The number of nitrogens with one attached hydrogen (secondary N) is 1. The highest BCUT2D eigenvalue weighted by molar-refractivity contribution is 5.91. The van der Waals surface area contributed by atoms with Gasteiger partial charge in [0, 0.05) is 6.07 Å². The Morgan fingerprint density at radius 1 is 1.19 bits per heavy atom. The van der Waals surface area contributed by atoms with Crippen molar-refractivity contribution in [3.05, 3.63) is 59.7 Å². The van der Waals surface area contributed by atoms with Gasteiger partial charge in [-0.1, -0.05) is 12.1 Å². The number of aliphatic hydroxyl groups excluding tert-OH is 1. The molecule has 0 spiro atoms. The molecule has 2 aromatic carbocycles. The van der Waals surface area contributed by atoms with Crippen LogP contribution in [-0.4, -0.2) is 16.1 Å². The molecule has 21 heavy (non-hydrogen) atoms. The zero-order chi connectivity index (χ0) is 15.4. The Kier molecular flexibility index (Phi) is 4.49. The zero-order valence-electron chi connectivity index (χ0n) is 10.9. The van der Waals surface area contributed by atoms with E-state index in [2.05, 4.69) is 5.32 Å². The van der Waals surface area contributed by atoms with Crippen molar-refractivity contribution in [2.45, 2.75) is 12.5 Å². The quantitative estimate of drug-likeness (QED) is 0.759. The average Bonchev–Trinajstić information content (AvgIpc) is 2.42. The minimum Gasteiger partial charge on any atom is -0.508 e. The first kappa shape index (κ1) is 14.9. The number of phenols is 1. The number of rotatable bonds is 4. The monoisotopic (exact) mass is 293 g/mol. The topological polar surface area (TPSA) is 69.6 Å². The first-order valence-electron chi connectivity index (χ1n) is 6.17. The van der Waals surface area contributed by atoms with Crippen molar-refractivity contribution in [2.24, 2.45) is 0 Å². The van der Waals surface area contributed by atoms with Crippen molar-refractivity contribution in [1.29, 1.82) is 0 Å². The van der Waals surface area contributed by atoms with Crippen LogP contribution in [0.25, 0.3) is 0 Å². The number of aromatic hydroxyl groups is 1. The molecule has 2 rings (SSSR count). The summed E-state index contributed by atoms with van der Waals surface area (Å²) in [5, 5.41) is 21.2. The number of halogens is 2. The van der Waals surface area contributed by atoms with Crippen LogP contribution < -0.4 is 5.32 Å². The fourth-order valence-electron chi connectivity index (χ4n) is 1.81. The highest BCUT2D eigenvalue weighted by atomic mass is 19.1. The molecule has 0 bridgehead atoms. The number of aliphatic hydroxyl groups is 1. The first-order valence-corrected chi connectivity index (χ1v) is 6.17. The smallest absolute Gasteiger partial charge is 0.227 e. The van der Waals surface area contributed by atoms with Crippen LogP contribution in [0.4, 0.5) is 14.5 Å². The number of hydrogen-bond acceptors (Lipinski definition) is 3. The Labute approximate surface area is 119 Å². The Morgan fingerprint density at radius 2 is 1.95 bits per heavy atom. The standard InChI is InChI=1S/C15H13F2NO3/c16-10-3-1-2-9(6-10)14(20)8-15(21)18-13-5-4-11(19)7-12(13)17/h1-7,14,19-20H,8H2,(H,18,21)/t14-/m1/s1. The molecule has 0 aliphatic rings. The van der Waals surface area contributed by atoms with Gasteiger partial charge in [0.1, 0.15) is 17.4 Å². The lowest BCUT2D eigenvalue weighted by molar-refractivity contribution is -0.118. The molecule has 2 aromatic rings. The fourth-order valence-corrected chi connectivity index (χ4v) is 1.81. The Morgan fingerprint density at radius 3 is 2.62 bits per heavy atom. The third-order valence-corrected chi connectivity index (χ3v) is 2.84. The van der Waals surface area contributed by atoms with Gasteiger partial charge in [-0.3, -0.25) is 4.79 Å². The van der Waals surface area contributed by atoms with Crippen LogP contribution in [0.15, 0.2) is 42.5 Å². The van der Waals surface area contributed by atoms with E-state index in [1.165, 1.54) is 30.3 Å². The SMILES string of the molecule is O=C(C[C@@H](O)c1cccc(F)c1)Nc1ccc(O)cc1F. The van der Waals surface area contributed by atoms with Gasteiger partial charge in [0.05, 0.1) is 18.2 Å². The molecular weight excluding hydrogens is 280 g/mol. The summed E-state index contributed by atoms with van der Waals surface area (Å²) in [5.41, 5.74) is 0.153. The van der Waals surface area contributed by atoms with Crippen LogP contribution in [0.1, 0.15) is 18.1 Å². The van der Waals surface area contributed by atoms with Crippen molar-refractivity contribution in [1.82, 2.24) is 0 Å². The molecule has 1 amide bonds. The van der Waals surface area contributed by atoms with Crippen molar-refractivity contribution < 1.29 is 23.8 Å².